The minimum Gasteiger partial charge on any atom is -0.463 e. The zero-order chi connectivity index (χ0) is 28.7. The van der Waals surface area contributed by atoms with Crippen molar-refractivity contribution in [2.75, 3.05) is 25.6 Å². The van der Waals surface area contributed by atoms with Crippen LogP contribution < -0.4 is 19.8 Å². The van der Waals surface area contributed by atoms with Gasteiger partial charge in [-0.25, -0.2) is 14.2 Å². The number of benzene rings is 2. The van der Waals surface area contributed by atoms with Crippen molar-refractivity contribution in [1.82, 2.24) is 9.13 Å². The molecule has 1 aliphatic heterocycles. The summed E-state index contributed by atoms with van der Waals surface area (Å²) >= 11 is 1.29. The first kappa shape index (κ1) is 27.3. The molecule has 2 aromatic heterocycles. The minimum atomic E-state index is -0.666. The zero-order valence-corrected chi connectivity index (χ0v) is 24.2. The quantitative estimate of drug-likeness (QED) is 0.329. The van der Waals surface area contributed by atoms with Crippen LogP contribution in [0.1, 0.15) is 42.4 Å². The Bertz CT molecular complexity index is 1810. The van der Waals surface area contributed by atoms with Crippen molar-refractivity contribution in [3.05, 3.63) is 114 Å². The normalized spacial score (nSPS) is 15.2. The van der Waals surface area contributed by atoms with Crippen molar-refractivity contribution < 1.29 is 13.9 Å². The van der Waals surface area contributed by atoms with E-state index < -0.39 is 12.0 Å². The Labute approximate surface area is 235 Å². The van der Waals surface area contributed by atoms with Gasteiger partial charge in [0, 0.05) is 36.9 Å². The number of halogens is 1. The Morgan fingerprint density at radius 2 is 1.77 bits per heavy atom. The van der Waals surface area contributed by atoms with Crippen LogP contribution in [0, 0.1) is 19.7 Å². The van der Waals surface area contributed by atoms with E-state index in [4.69, 9.17) is 4.74 Å². The standard InChI is InChI=1S/C31H31FN4O3S/c1-7-39-30(38)27-19(3)33-31-36(28(27)21-8-12-24(13-9-21)34(5)6)29(37)26(40-31)17-22-16-18(2)35(20(22)4)25-14-10-23(32)11-15-25/h8-17,28H,7H2,1-6H3. The molecule has 0 aliphatic carbocycles. The van der Waals surface area contributed by atoms with Crippen LogP contribution >= 0.6 is 11.3 Å². The van der Waals surface area contributed by atoms with Gasteiger partial charge in [0.25, 0.3) is 5.56 Å². The van der Waals surface area contributed by atoms with Crippen LogP contribution in [0.2, 0.25) is 0 Å². The molecule has 1 unspecified atom stereocenters. The first-order chi connectivity index (χ1) is 19.1. The Morgan fingerprint density at radius 3 is 2.40 bits per heavy atom. The summed E-state index contributed by atoms with van der Waals surface area (Å²) in [5.74, 6) is -0.779. The molecule has 40 heavy (non-hydrogen) atoms. The molecular weight excluding hydrogens is 527 g/mol. The van der Waals surface area contributed by atoms with Gasteiger partial charge in [-0.05, 0) is 87.4 Å². The molecule has 0 saturated carbocycles. The lowest BCUT2D eigenvalue weighted by atomic mass is 9.95. The number of ether oxygens (including phenoxy) is 1. The van der Waals surface area contributed by atoms with Crippen molar-refractivity contribution in [3.8, 4) is 5.69 Å². The molecule has 1 aliphatic rings. The van der Waals surface area contributed by atoms with E-state index in [1.165, 1.54) is 23.5 Å². The van der Waals surface area contributed by atoms with Crippen LogP contribution in [-0.2, 0) is 9.53 Å². The molecule has 1 atom stereocenters. The van der Waals surface area contributed by atoms with E-state index in [0.717, 1.165) is 33.9 Å². The van der Waals surface area contributed by atoms with Gasteiger partial charge in [-0.15, -0.1) is 0 Å². The third kappa shape index (κ3) is 4.81. The van der Waals surface area contributed by atoms with Gasteiger partial charge >= 0.3 is 5.97 Å². The Balaban J connectivity index is 1.67. The van der Waals surface area contributed by atoms with Crippen molar-refractivity contribution in [3.63, 3.8) is 0 Å². The first-order valence-electron chi connectivity index (χ1n) is 13.0. The van der Waals surface area contributed by atoms with Crippen molar-refractivity contribution >= 4 is 29.1 Å². The van der Waals surface area contributed by atoms with Crippen molar-refractivity contribution in [1.29, 1.82) is 0 Å². The predicted molar refractivity (Wildman–Crippen MR) is 156 cm³/mol. The number of nitrogens with zero attached hydrogens (tertiary/aromatic N) is 4. The summed E-state index contributed by atoms with van der Waals surface area (Å²) < 4.78 is 23.0. The number of fused-ring (bicyclic) bond motifs is 1. The lowest BCUT2D eigenvalue weighted by Crippen LogP contribution is -2.40. The zero-order valence-electron chi connectivity index (χ0n) is 23.4. The van der Waals surface area contributed by atoms with E-state index >= 15 is 0 Å². The second-order valence-corrected chi connectivity index (χ2v) is 10.9. The molecule has 9 heteroatoms. The maximum Gasteiger partial charge on any atom is 0.338 e. The first-order valence-corrected chi connectivity index (χ1v) is 13.8. The number of thiazole rings is 1. The number of allylic oxidation sites excluding steroid dienone is 1. The van der Waals surface area contributed by atoms with Crippen LogP contribution in [0.25, 0.3) is 11.8 Å². The maximum absolute atomic E-state index is 14.0. The van der Waals surface area contributed by atoms with Gasteiger partial charge < -0.3 is 14.2 Å². The Morgan fingerprint density at radius 1 is 1.10 bits per heavy atom. The second kappa shape index (κ2) is 10.7. The van der Waals surface area contributed by atoms with Crippen molar-refractivity contribution in [2.45, 2.75) is 33.7 Å². The minimum absolute atomic E-state index is 0.218. The number of esters is 1. The second-order valence-electron chi connectivity index (χ2n) is 9.93. The molecule has 206 valence electrons. The number of aryl methyl sites for hydroxylation is 1. The Hall–Kier alpha value is -4.24. The summed E-state index contributed by atoms with van der Waals surface area (Å²) in [6.07, 6.45) is 1.86. The number of carbonyl (C=O) groups excluding carboxylic acids is 1. The van der Waals surface area contributed by atoms with E-state index in [1.807, 2.05) is 73.8 Å². The molecule has 5 rings (SSSR count). The van der Waals surface area contributed by atoms with Gasteiger partial charge in [-0.2, -0.15) is 0 Å². The molecular formula is C31H31FN4O3S. The van der Waals surface area contributed by atoms with E-state index in [9.17, 15) is 14.0 Å². The molecule has 2 aromatic carbocycles. The molecule has 7 nitrogen and oxygen atoms in total. The topological polar surface area (TPSA) is 68.8 Å². The monoisotopic (exact) mass is 558 g/mol. The molecule has 0 fully saturated rings. The van der Waals surface area contributed by atoms with Gasteiger partial charge in [-0.3, -0.25) is 9.36 Å². The molecule has 0 spiro atoms. The predicted octanol–water partition coefficient (Wildman–Crippen LogP) is 4.41. The number of rotatable bonds is 6. The van der Waals surface area contributed by atoms with Gasteiger partial charge in [0.05, 0.1) is 28.5 Å². The highest BCUT2D eigenvalue weighted by molar-refractivity contribution is 7.07. The van der Waals surface area contributed by atoms with E-state index in [2.05, 4.69) is 4.99 Å². The molecule has 0 saturated heterocycles. The van der Waals surface area contributed by atoms with Crippen LogP contribution in [0.4, 0.5) is 10.1 Å². The van der Waals surface area contributed by atoms with E-state index in [-0.39, 0.29) is 18.0 Å². The fraction of sp³-hybridized carbons (Fsp3) is 0.258. The van der Waals surface area contributed by atoms with Crippen molar-refractivity contribution in [2.24, 2.45) is 4.99 Å². The van der Waals surface area contributed by atoms with Gasteiger partial charge in [0.1, 0.15) is 5.82 Å². The largest absolute Gasteiger partial charge is 0.463 e. The Kier molecular flexibility index (Phi) is 7.33. The van der Waals surface area contributed by atoms with Crippen LogP contribution in [0.15, 0.2) is 75.7 Å². The molecule has 3 heterocycles. The lowest BCUT2D eigenvalue weighted by Gasteiger charge is -2.25. The van der Waals surface area contributed by atoms with Gasteiger partial charge in [-0.1, -0.05) is 23.5 Å². The summed E-state index contributed by atoms with van der Waals surface area (Å²) in [6.45, 7) is 7.70. The summed E-state index contributed by atoms with van der Waals surface area (Å²) in [5, 5.41) is 0. The highest BCUT2D eigenvalue weighted by Gasteiger charge is 2.33. The van der Waals surface area contributed by atoms with Crippen LogP contribution in [0.3, 0.4) is 0 Å². The molecule has 0 radical (unpaired) electrons. The van der Waals surface area contributed by atoms with E-state index in [1.54, 1.807) is 30.5 Å². The molecule has 0 amide bonds. The van der Waals surface area contributed by atoms with E-state index in [0.29, 0.717) is 20.6 Å². The molecule has 0 N–H and O–H groups in total. The third-order valence-corrected chi connectivity index (χ3v) is 8.07. The SMILES string of the molecule is CCOC(=O)C1=C(C)N=c2sc(=Cc3cc(C)n(-c4ccc(F)cc4)c3C)c(=O)n2C1c1ccc(N(C)C)cc1. The smallest absolute Gasteiger partial charge is 0.338 e. The van der Waals surface area contributed by atoms with Gasteiger partial charge in [0.15, 0.2) is 4.80 Å². The van der Waals surface area contributed by atoms with Crippen LogP contribution in [0.5, 0.6) is 0 Å². The van der Waals surface area contributed by atoms with Crippen LogP contribution in [-0.4, -0.2) is 35.8 Å². The third-order valence-electron chi connectivity index (χ3n) is 7.08. The number of hydrogen-bond donors (Lipinski definition) is 0. The highest BCUT2D eigenvalue weighted by Crippen LogP contribution is 2.31. The number of carbonyl (C=O) groups is 1. The molecule has 4 aromatic rings. The molecule has 0 bridgehead atoms. The average Bonchev–Trinajstić information content (AvgIpc) is 3.38. The number of anilines is 1. The summed E-state index contributed by atoms with van der Waals surface area (Å²) in [4.78, 5) is 34.3. The lowest BCUT2D eigenvalue weighted by molar-refractivity contribution is -0.139. The summed E-state index contributed by atoms with van der Waals surface area (Å²) in [7, 11) is 3.92. The average molecular weight is 559 g/mol. The fourth-order valence-corrected chi connectivity index (χ4v) is 6.16. The maximum atomic E-state index is 14.0. The fourth-order valence-electron chi connectivity index (χ4n) is 5.12. The highest BCUT2D eigenvalue weighted by atomic mass is 32.1. The van der Waals surface area contributed by atoms with Gasteiger partial charge in [0.2, 0.25) is 0 Å². The number of aromatic nitrogens is 2. The number of hydrogen-bond acceptors (Lipinski definition) is 6. The summed E-state index contributed by atoms with van der Waals surface area (Å²) in [5.41, 5.74) is 6.06. The summed E-state index contributed by atoms with van der Waals surface area (Å²) in [6, 6.07) is 15.5.